The van der Waals surface area contributed by atoms with Gasteiger partial charge in [0.25, 0.3) is 5.91 Å². The van der Waals surface area contributed by atoms with Crippen molar-refractivity contribution in [2.24, 2.45) is 0 Å². The first kappa shape index (κ1) is 18.4. The maximum atomic E-state index is 12.9. The SMILES string of the molecule is CN(C[C@@]1(O)CCCN(CCc2ccccc2)C1=O)C1CCCCC1. The highest BCUT2D eigenvalue weighted by Crippen LogP contribution is 2.27. The molecule has 1 heterocycles. The number of rotatable bonds is 6. The normalized spacial score (nSPS) is 25.6. The maximum absolute atomic E-state index is 12.9. The van der Waals surface area contributed by atoms with Crippen LogP contribution in [0.2, 0.25) is 0 Å². The number of piperidine rings is 1. The minimum atomic E-state index is -1.21. The third-order valence-corrected chi connectivity index (χ3v) is 5.93. The van der Waals surface area contributed by atoms with Crippen molar-refractivity contribution in [1.82, 2.24) is 9.80 Å². The minimum Gasteiger partial charge on any atom is -0.379 e. The Kier molecular flexibility index (Phi) is 6.13. The van der Waals surface area contributed by atoms with Crippen LogP contribution in [0.4, 0.5) is 0 Å². The zero-order valence-corrected chi connectivity index (χ0v) is 15.5. The summed E-state index contributed by atoms with van der Waals surface area (Å²) in [6.07, 6.45) is 8.56. The van der Waals surface area contributed by atoms with Crippen molar-refractivity contribution in [2.45, 2.75) is 63.0 Å². The number of hydrogen-bond acceptors (Lipinski definition) is 3. The number of hydrogen-bond donors (Lipinski definition) is 1. The van der Waals surface area contributed by atoms with Gasteiger partial charge in [-0.15, -0.1) is 0 Å². The predicted molar refractivity (Wildman–Crippen MR) is 100 cm³/mol. The van der Waals surface area contributed by atoms with Gasteiger partial charge in [-0.25, -0.2) is 0 Å². The van der Waals surface area contributed by atoms with Gasteiger partial charge in [0.15, 0.2) is 5.60 Å². The lowest BCUT2D eigenvalue weighted by atomic mass is 9.88. The quantitative estimate of drug-likeness (QED) is 0.863. The van der Waals surface area contributed by atoms with E-state index in [1.807, 2.05) is 23.1 Å². The van der Waals surface area contributed by atoms with Gasteiger partial charge >= 0.3 is 0 Å². The molecule has 1 aromatic rings. The molecule has 25 heavy (non-hydrogen) atoms. The Morgan fingerprint density at radius 3 is 2.60 bits per heavy atom. The van der Waals surface area contributed by atoms with E-state index in [-0.39, 0.29) is 5.91 Å². The lowest BCUT2D eigenvalue weighted by Crippen LogP contribution is -2.59. The van der Waals surface area contributed by atoms with Gasteiger partial charge < -0.3 is 14.9 Å². The molecule has 2 fully saturated rings. The van der Waals surface area contributed by atoms with Crippen LogP contribution in [0.1, 0.15) is 50.5 Å². The van der Waals surface area contributed by atoms with E-state index in [0.29, 0.717) is 25.6 Å². The largest absolute Gasteiger partial charge is 0.379 e. The fourth-order valence-corrected chi connectivity index (χ4v) is 4.40. The van der Waals surface area contributed by atoms with E-state index in [4.69, 9.17) is 0 Å². The van der Waals surface area contributed by atoms with Gasteiger partial charge in [0.05, 0.1) is 0 Å². The third-order valence-electron chi connectivity index (χ3n) is 5.93. The van der Waals surface area contributed by atoms with E-state index >= 15 is 0 Å². The summed E-state index contributed by atoms with van der Waals surface area (Å²) >= 11 is 0. The maximum Gasteiger partial charge on any atom is 0.255 e. The van der Waals surface area contributed by atoms with Gasteiger partial charge in [0.1, 0.15) is 0 Å². The van der Waals surface area contributed by atoms with Crippen molar-refractivity contribution in [3.8, 4) is 0 Å². The van der Waals surface area contributed by atoms with Crippen LogP contribution in [0, 0.1) is 0 Å². The molecule has 3 rings (SSSR count). The number of likely N-dealkylation sites (N-methyl/N-ethyl adjacent to an activating group) is 1. The second kappa shape index (κ2) is 8.33. The summed E-state index contributed by atoms with van der Waals surface area (Å²) in [6.45, 7) is 1.93. The van der Waals surface area contributed by atoms with E-state index < -0.39 is 5.60 Å². The second-order valence-electron chi connectivity index (χ2n) is 7.87. The lowest BCUT2D eigenvalue weighted by molar-refractivity contribution is -0.159. The van der Waals surface area contributed by atoms with E-state index in [1.54, 1.807) is 0 Å². The number of carbonyl (C=O) groups is 1. The van der Waals surface area contributed by atoms with E-state index in [1.165, 1.54) is 37.7 Å². The second-order valence-corrected chi connectivity index (χ2v) is 7.87. The van der Waals surface area contributed by atoms with Crippen LogP contribution in [0.25, 0.3) is 0 Å². The number of aliphatic hydroxyl groups is 1. The van der Waals surface area contributed by atoms with E-state index in [2.05, 4.69) is 24.1 Å². The number of likely N-dealkylation sites (tertiary alicyclic amines) is 1. The molecule has 4 nitrogen and oxygen atoms in total. The highest BCUT2D eigenvalue weighted by atomic mass is 16.3. The van der Waals surface area contributed by atoms with Crippen LogP contribution in [0.5, 0.6) is 0 Å². The average molecular weight is 344 g/mol. The van der Waals surface area contributed by atoms with Crippen LogP contribution < -0.4 is 0 Å². The molecule has 1 saturated heterocycles. The Hall–Kier alpha value is -1.39. The highest BCUT2D eigenvalue weighted by Gasteiger charge is 2.43. The molecular formula is C21H32N2O2. The number of benzene rings is 1. The fraction of sp³-hybridized carbons (Fsp3) is 0.667. The molecule has 1 aliphatic carbocycles. The van der Waals surface area contributed by atoms with Gasteiger partial charge in [-0.1, -0.05) is 49.6 Å². The molecular weight excluding hydrogens is 312 g/mol. The fourth-order valence-electron chi connectivity index (χ4n) is 4.40. The monoisotopic (exact) mass is 344 g/mol. The van der Waals surface area contributed by atoms with Crippen LogP contribution in [0.3, 0.4) is 0 Å². The number of amides is 1. The molecule has 1 aromatic carbocycles. The molecule has 1 atom stereocenters. The Morgan fingerprint density at radius 1 is 1.16 bits per heavy atom. The van der Waals surface area contributed by atoms with Gasteiger partial charge in [-0.3, -0.25) is 4.79 Å². The van der Waals surface area contributed by atoms with Crippen LogP contribution >= 0.6 is 0 Å². The summed E-state index contributed by atoms with van der Waals surface area (Å²) in [5.41, 5.74) is 0.0324. The molecule has 0 bridgehead atoms. The number of carbonyl (C=O) groups excluding carboxylic acids is 1. The summed E-state index contributed by atoms with van der Waals surface area (Å²) in [4.78, 5) is 17.0. The zero-order valence-electron chi connectivity index (χ0n) is 15.5. The summed E-state index contributed by atoms with van der Waals surface area (Å²) in [6, 6.07) is 10.8. The molecule has 2 aliphatic rings. The van der Waals surface area contributed by atoms with Crippen LogP contribution in [-0.2, 0) is 11.2 Å². The Bertz CT molecular complexity index is 556. The van der Waals surface area contributed by atoms with Crippen molar-refractivity contribution in [3.63, 3.8) is 0 Å². The topological polar surface area (TPSA) is 43.8 Å². The first-order valence-corrected chi connectivity index (χ1v) is 9.84. The van der Waals surface area contributed by atoms with Gasteiger partial charge in [0.2, 0.25) is 0 Å². The van der Waals surface area contributed by atoms with Gasteiger partial charge in [-0.2, -0.15) is 0 Å². The molecule has 0 radical (unpaired) electrons. The molecule has 1 amide bonds. The van der Waals surface area contributed by atoms with Crippen molar-refractivity contribution in [2.75, 3.05) is 26.7 Å². The molecule has 0 aromatic heterocycles. The van der Waals surface area contributed by atoms with Crippen molar-refractivity contribution in [3.05, 3.63) is 35.9 Å². The molecule has 0 spiro atoms. The third kappa shape index (κ3) is 4.62. The standard InChI is InChI=1S/C21H32N2O2/c1-22(19-11-6-3-7-12-19)17-21(25)14-8-15-23(20(21)24)16-13-18-9-4-2-5-10-18/h2,4-5,9-10,19,25H,3,6-8,11-17H2,1H3/t21-/m0/s1. The molecule has 138 valence electrons. The predicted octanol–water partition coefficient (Wildman–Crippen LogP) is 2.85. The summed E-state index contributed by atoms with van der Waals surface area (Å²) in [5, 5.41) is 11.1. The van der Waals surface area contributed by atoms with E-state index in [9.17, 15) is 9.90 Å². The Labute approximate surface area is 151 Å². The Balaban J connectivity index is 1.57. The summed E-state index contributed by atoms with van der Waals surface area (Å²) in [5.74, 6) is -0.0719. The summed E-state index contributed by atoms with van der Waals surface area (Å²) in [7, 11) is 2.07. The molecule has 4 heteroatoms. The van der Waals surface area contributed by atoms with E-state index in [0.717, 1.165) is 19.4 Å². The smallest absolute Gasteiger partial charge is 0.255 e. The average Bonchev–Trinajstić information content (AvgIpc) is 2.64. The Morgan fingerprint density at radius 2 is 1.88 bits per heavy atom. The van der Waals surface area contributed by atoms with Crippen molar-refractivity contribution < 1.29 is 9.90 Å². The lowest BCUT2D eigenvalue weighted by Gasteiger charge is -2.42. The van der Waals surface area contributed by atoms with Crippen LogP contribution in [-0.4, -0.2) is 59.1 Å². The molecule has 1 N–H and O–H groups in total. The minimum absolute atomic E-state index is 0.0719. The van der Waals surface area contributed by atoms with Crippen molar-refractivity contribution in [1.29, 1.82) is 0 Å². The highest BCUT2D eigenvalue weighted by molar-refractivity contribution is 5.86. The first-order chi connectivity index (χ1) is 12.1. The summed E-state index contributed by atoms with van der Waals surface area (Å²) < 4.78 is 0. The molecule has 0 unspecified atom stereocenters. The first-order valence-electron chi connectivity index (χ1n) is 9.84. The molecule has 1 aliphatic heterocycles. The van der Waals surface area contributed by atoms with Gasteiger partial charge in [-0.05, 0) is 44.7 Å². The van der Waals surface area contributed by atoms with Crippen molar-refractivity contribution >= 4 is 5.91 Å². The zero-order chi connectivity index (χ0) is 17.7. The van der Waals surface area contributed by atoms with Gasteiger partial charge in [0, 0.05) is 25.7 Å². The van der Waals surface area contributed by atoms with Crippen LogP contribution in [0.15, 0.2) is 30.3 Å². The number of nitrogens with zero attached hydrogens (tertiary/aromatic N) is 2. The molecule has 1 saturated carbocycles.